The van der Waals surface area contributed by atoms with Gasteiger partial charge in [0.1, 0.15) is 11.5 Å². The first-order valence-electron chi connectivity index (χ1n) is 13.1. The summed E-state index contributed by atoms with van der Waals surface area (Å²) in [6, 6.07) is 0. The molecular weight excluding hydrogens is 426 g/mol. The summed E-state index contributed by atoms with van der Waals surface area (Å²) < 4.78 is 11.9. The highest BCUT2D eigenvalue weighted by molar-refractivity contribution is 6.00. The van der Waals surface area contributed by atoms with E-state index in [9.17, 15) is 9.59 Å². The van der Waals surface area contributed by atoms with Gasteiger partial charge in [0.05, 0.1) is 17.5 Å². The Hall–Kier alpha value is -2.69. The molecule has 4 atom stereocenters. The number of rotatable bonds is 6. The molecule has 0 aromatic heterocycles. The van der Waals surface area contributed by atoms with E-state index in [0.29, 0.717) is 11.8 Å². The van der Waals surface area contributed by atoms with Gasteiger partial charge in [-0.05, 0) is 74.5 Å². The molecule has 0 aromatic carbocycles. The number of cyclic esters (lactones) is 2. The lowest BCUT2D eigenvalue weighted by Crippen LogP contribution is -2.52. The molecule has 5 nitrogen and oxygen atoms in total. The second kappa shape index (κ2) is 8.21. The van der Waals surface area contributed by atoms with Crippen LogP contribution in [0.2, 0.25) is 0 Å². The second-order valence-electron chi connectivity index (χ2n) is 10.5. The lowest BCUT2D eigenvalue weighted by atomic mass is 9.44. The largest absolute Gasteiger partial charge is 0.427 e. The maximum absolute atomic E-state index is 13.5. The lowest BCUT2D eigenvalue weighted by molar-refractivity contribution is -0.135. The summed E-state index contributed by atoms with van der Waals surface area (Å²) in [4.78, 5) is 31.2. The van der Waals surface area contributed by atoms with Crippen LogP contribution >= 0.6 is 0 Å². The standard InChI is InChI=1S/C29H33NO4/c1-3-5-7-22-20-10-9-19-18-11-13-29(25(19)24(20)27(31)33-22)23(8-6-4-2)34-28(32)26(29)21(18)15-17-12-14-30-16-17/h7-8,12,16,18-19,25H,3-6,9-11,13-15H2,1-2H3. The smallest absolute Gasteiger partial charge is 0.340 e. The van der Waals surface area contributed by atoms with E-state index in [1.807, 2.05) is 6.21 Å². The first kappa shape index (κ1) is 21.8. The van der Waals surface area contributed by atoms with Crippen molar-refractivity contribution in [2.75, 3.05) is 6.54 Å². The summed E-state index contributed by atoms with van der Waals surface area (Å²) in [7, 11) is 0. The molecule has 7 rings (SSSR count). The van der Waals surface area contributed by atoms with Crippen molar-refractivity contribution in [3.8, 4) is 0 Å². The summed E-state index contributed by atoms with van der Waals surface area (Å²) >= 11 is 0. The molecule has 7 aliphatic rings. The molecule has 1 saturated heterocycles. The van der Waals surface area contributed by atoms with E-state index in [2.05, 4.69) is 37.1 Å². The van der Waals surface area contributed by atoms with Gasteiger partial charge in [0.25, 0.3) is 0 Å². The molecule has 178 valence electrons. The molecule has 3 heterocycles. The van der Waals surface area contributed by atoms with Crippen LogP contribution in [0.1, 0.15) is 71.6 Å². The maximum Gasteiger partial charge on any atom is 0.340 e. The zero-order chi connectivity index (χ0) is 23.4. The topological polar surface area (TPSA) is 65.0 Å². The van der Waals surface area contributed by atoms with E-state index < -0.39 is 5.41 Å². The Morgan fingerprint density at radius 1 is 1.09 bits per heavy atom. The van der Waals surface area contributed by atoms with Crippen molar-refractivity contribution < 1.29 is 19.1 Å². The SMILES string of the molecule is CCCC=C1OC(=O)C2=C1CCC1C3CCC4(C(=CCCC)OC(=O)C4=C3CC3=CCN=C3)C21. The number of fused-ring (bicyclic) bond motifs is 1. The molecule has 2 bridgehead atoms. The Morgan fingerprint density at radius 2 is 1.91 bits per heavy atom. The van der Waals surface area contributed by atoms with E-state index in [-0.39, 0.29) is 17.9 Å². The summed E-state index contributed by atoms with van der Waals surface area (Å²) in [5.74, 6) is 1.77. The van der Waals surface area contributed by atoms with E-state index >= 15 is 0 Å². The number of hydrogen-bond donors (Lipinski definition) is 0. The van der Waals surface area contributed by atoms with Gasteiger partial charge in [0.15, 0.2) is 0 Å². The fourth-order valence-corrected chi connectivity index (χ4v) is 7.56. The van der Waals surface area contributed by atoms with Crippen molar-refractivity contribution in [2.45, 2.75) is 71.6 Å². The van der Waals surface area contributed by atoms with Gasteiger partial charge in [-0.25, -0.2) is 9.59 Å². The molecule has 0 N–H and O–H groups in total. The van der Waals surface area contributed by atoms with Gasteiger partial charge in [0, 0.05) is 23.3 Å². The Morgan fingerprint density at radius 3 is 2.68 bits per heavy atom. The predicted molar refractivity (Wildman–Crippen MR) is 130 cm³/mol. The third-order valence-electron chi connectivity index (χ3n) is 8.82. The van der Waals surface area contributed by atoms with Crippen LogP contribution in [0.5, 0.6) is 0 Å². The summed E-state index contributed by atoms with van der Waals surface area (Å²) in [6.07, 6.45) is 16.7. The Kier molecular flexibility index (Phi) is 5.27. The van der Waals surface area contributed by atoms with Crippen LogP contribution < -0.4 is 0 Å². The fraction of sp³-hybridized carbons (Fsp3) is 0.552. The van der Waals surface area contributed by atoms with Crippen molar-refractivity contribution in [1.82, 2.24) is 0 Å². The van der Waals surface area contributed by atoms with Crippen LogP contribution in [0.4, 0.5) is 0 Å². The van der Waals surface area contributed by atoms with Gasteiger partial charge in [0.2, 0.25) is 0 Å². The number of aliphatic imine (C=N–C) groups is 1. The Balaban J connectivity index is 1.55. The van der Waals surface area contributed by atoms with Gasteiger partial charge in [-0.15, -0.1) is 0 Å². The first-order valence-corrected chi connectivity index (χ1v) is 13.1. The fourth-order valence-electron chi connectivity index (χ4n) is 7.56. The van der Waals surface area contributed by atoms with Crippen molar-refractivity contribution in [1.29, 1.82) is 0 Å². The molecule has 4 aliphatic carbocycles. The van der Waals surface area contributed by atoms with Gasteiger partial charge < -0.3 is 9.47 Å². The second-order valence-corrected chi connectivity index (χ2v) is 10.5. The summed E-state index contributed by atoms with van der Waals surface area (Å²) in [5.41, 5.74) is 4.68. The van der Waals surface area contributed by atoms with Gasteiger partial charge in [-0.1, -0.05) is 38.3 Å². The van der Waals surface area contributed by atoms with Crippen molar-refractivity contribution in [2.24, 2.45) is 28.2 Å². The minimum Gasteiger partial charge on any atom is -0.427 e. The Labute approximate surface area is 201 Å². The van der Waals surface area contributed by atoms with Crippen LogP contribution in [0, 0.1) is 23.2 Å². The van der Waals surface area contributed by atoms with Crippen molar-refractivity contribution >= 4 is 18.2 Å². The molecule has 5 heteroatoms. The lowest BCUT2D eigenvalue weighted by Gasteiger charge is -2.56. The molecule has 1 spiro atoms. The monoisotopic (exact) mass is 459 g/mol. The van der Waals surface area contributed by atoms with Crippen LogP contribution in [-0.2, 0) is 19.1 Å². The van der Waals surface area contributed by atoms with E-state index in [1.54, 1.807) is 0 Å². The number of hydrogen-bond acceptors (Lipinski definition) is 5. The molecule has 4 unspecified atom stereocenters. The van der Waals surface area contributed by atoms with Crippen molar-refractivity contribution in [3.63, 3.8) is 0 Å². The number of carbonyl (C=O) groups is 2. The van der Waals surface area contributed by atoms with Crippen LogP contribution in [0.25, 0.3) is 0 Å². The molecule has 0 aromatic rings. The minimum atomic E-state index is -0.530. The third kappa shape index (κ3) is 2.95. The van der Waals surface area contributed by atoms with Crippen molar-refractivity contribution in [3.05, 3.63) is 57.6 Å². The Bertz CT molecular complexity index is 1150. The molecule has 3 aliphatic heterocycles. The quantitative estimate of drug-likeness (QED) is 0.464. The molecule has 1 saturated carbocycles. The van der Waals surface area contributed by atoms with Gasteiger partial charge in [-0.3, -0.25) is 4.99 Å². The highest BCUT2D eigenvalue weighted by atomic mass is 16.5. The summed E-state index contributed by atoms with van der Waals surface area (Å²) in [5, 5.41) is 0. The maximum atomic E-state index is 13.5. The van der Waals surface area contributed by atoms with E-state index in [1.165, 1.54) is 11.1 Å². The number of unbranched alkanes of at least 4 members (excludes halogenated alkanes) is 2. The predicted octanol–water partition coefficient (Wildman–Crippen LogP) is 5.90. The minimum absolute atomic E-state index is 0.0328. The number of esters is 2. The molecule has 0 radical (unpaired) electrons. The van der Waals surface area contributed by atoms with Crippen LogP contribution in [-0.4, -0.2) is 24.7 Å². The molecular formula is C29H33NO4. The normalized spacial score (nSPS) is 35.7. The van der Waals surface area contributed by atoms with Crippen LogP contribution in [0.3, 0.4) is 0 Å². The van der Waals surface area contributed by atoms with E-state index in [4.69, 9.17) is 9.47 Å². The van der Waals surface area contributed by atoms with Crippen LogP contribution in [0.15, 0.2) is 62.6 Å². The molecule has 0 amide bonds. The number of nitrogens with zero attached hydrogens (tertiary/aromatic N) is 1. The highest BCUT2D eigenvalue weighted by Crippen LogP contribution is 2.70. The number of ether oxygens (including phenoxy) is 2. The highest BCUT2D eigenvalue weighted by Gasteiger charge is 2.68. The number of carbonyl (C=O) groups excluding carboxylic acids is 2. The van der Waals surface area contributed by atoms with Gasteiger partial charge in [-0.2, -0.15) is 0 Å². The average molecular weight is 460 g/mol. The zero-order valence-corrected chi connectivity index (χ0v) is 20.2. The number of allylic oxidation sites excluding steroid dienone is 6. The first-order chi connectivity index (χ1) is 16.6. The van der Waals surface area contributed by atoms with Gasteiger partial charge >= 0.3 is 11.9 Å². The third-order valence-corrected chi connectivity index (χ3v) is 8.82. The van der Waals surface area contributed by atoms with E-state index in [0.717, 1.165) is 92.6 Å². The molecule has 34 heavy (non-hydrogen) atoms. The zero-order valence-electron chi connectivity index (χ0n) is 20.2. The average Bonchev–Trinajstić information content (AvgIpc) is 3.54. The summed E-state index contributed by atoms with van der Waals surface area (Å²) in [6.45, 7) is 5.00. The molecule has 2 fully saturated rings.